The second-order valence-electron chi connectivity index (χ2n) is 5.73. The van der Waals surface area contributed by atoms with E-state index in [0.717, 1.165) is 0 Å². The van der Waals surface area contributed by atoms with E-state index in [-0.39, 0.29) is 31.6 Å². The molecule has 22 heavy (non-hydrogen) atoms. The van der Waals surface area contributed by atoms with Gasteiger partial charge in [-0.1, -0.05) is 0 Å². The summed E-state index contributed by atoms with van der Waals surface area (Å²) in [7, 11) is 0. The van der Waals surface area contributed by atoms with Crippen LogP contribution in [0.2, 0.25) is 0 Å². The molecule has 0 bridgehead atoms. The third-order valence-electron chi connectivity index (χ3n) is 2.46. The van der Waals surface area contributed by atoms with Crippen molar-refractivity contribution >= 4 is 18.1 Å². The summed E-state index contributed by atoms with van der Waals surface area (Å²) in [6.45, 7) is 5.55. The lowest BCUT2D eigenvalue weighted by Gasteiger charge is -2.24. The van der Waals surface area contributed by atoms with Crippen LogP contribution in [0.15, 0.2) is 0 Å². The lowest BCUT2D eigenvalue weighted by atomic mass is 10.1. The van der Waals surface area contributed by atoms with Gasteiger partial charge >= 0.3 is 12.2 Å². The Balaban J connectivity index is 4.34. The molecule has 0 unspecified atom stereocenters. The highest BCUT2D eigenvalue weighted by molar-refractivity contribution is 5.77. The molecule has 0 aliphatic rings. The molecule has 0 aliphatic heterocycles. The van der Waals surface area contributed by atoms with Crippen molar-refractivity contribution in [3.8, 4) is 0 Å². The number of carbonyl (C=O) groups excluding carboxylic acids is 2. The number of carboxylic acid groups (broad SMARTS) is 1. The molecule has 0 saturated carbocycles. The highest BCUT2D eigenvalue weighted by Crippen LogP contribution is 2.07. The van der Waals surface area contributed by atoms with Crippen molar-refractivity contribution in [1.29, 1.82) is 0 Å². The molecule has 128 valence electrons. The summed E-state index contributed by atoms with van der Waals surface area (Å²) in [5.41, 5.74) is 4.57. The first kappa shape index (κ1) is 20.0. The van der Waals surface area contributed by atoms with Gasteiger partial charge in [-0.15, -0.1) is 0 Å². The minimum Gasteiger partial charge on any atom is -0.465 e. The summed E-state index contributed by atoms with van der Waals surface area (Å²) in [5.74, 6) is -0.334. The number of hydrogen-bond donors (Lipinski definition) is 5. The van der Waals surface area contributed by atoms with Gasteiger partial charge in [-0.05, 0) is 33.6 Å². The lowest BCUT2D eigenvalue weighted by molar-refractivity contribution is -0.119. The van der Waals surface area contributed by atoms with Gasteiger partial charge < -0.3 is 31.5 Å². The number of nitrogens with two attached hydrogens (primary N) is 1. The van der Waals surface area contributed by atoms with Crippen LogP contribution in [0.25, 0.3) is 0 Å². The van der Waals surface area contributed by atoms with Crippen molar-refractivity contribution in [2.45, 2.75) is 45.3 Å². The first-order valence-electron chi connectivity index (χ1n) is 7.07. The summed E-state index contributed by atoms with van der Waals surface area (Å²) >= 11 is 0. The third-order valence-corrected chi connectivity index (χ3v) is 2.46. The molecule has 9 heteroatoms. The molecule has 0 heterocycles. The van der Waals surface area contributed by atoms with Crippen molar-refractivity contribution in [3.05, 3.63) is 0 Å². The summed E-state index contributed by atoms with van der Waals surface area (Å²) in [5, 5.41) is 16.0. The molecule has 0 aromatic carbocycles. The molecular formula is C13H26N4O5. The van der Waals surface area contributed by atoms with Crippen LogP contribution in [0, 0.1) is 0 Å². The predicted molar refractivity (Wildman–Crippen MR) is 80.5 cm³/mol. The zero-order valence-electron chi connectivity index (χ0n) is 13.3. The van der Waals surface area contributed by atoms with E-state index in [4.69, 9.17) is 15.6 Å². The highest BCUT2D eigenvalue weighted by atomic mass is 16.6. The van der Waals surface area contributed by atoms with E-state index in [1.54, 1.807) is 20.8 Å². The number of ether oxygens (including phenoxy) is 1. The predicted octanol–water partition coefficient (Wildman–Crippen LogP) is 0.00240. The standard InChI is InChI=1S/C13H26N4O5/c1-13(2,3)22-12(21)17-9(8-16-10(18)7-14)5-4-6-15-11(19)20/h9,15H,4-8,14H2,1-3H3,(H,16,18)(H,17,21)(H,19,20)/t9-/m0/s1. The minimum atomic E-state index is -1.10. The van der Waals surface area contributed by atoms with Crippen LogP contribution >= 0.6 is 0 Å². The van der Waals surface area contributed by atoms with Gasteiger partial charge in [0, 0.05) is 19.1 Å². The zero-order valence-corrected chi connectivity index (χ0v) is 13.3. The van der Waals surface area contributed by atoms with E-state index in [0.29, 0.717) is 12.8 Å². The first-order chi connectivity index (χ1) is 10.1. The van der Waals surface area contributed by atoms with Crippen molar-refractivity contribution in [3.63, 3.8) is 0 Å². The van der Waals surface area contributed by atoms with Gasteiger partial charge in [0.15, 0.2) is 0 Å². The van der Waals surface area contributed by atoms with Crippen LogP contribution in [0.3, 0.4) is 0 Å². The lowest BCUT2D eigenvalue weighted by Crippen LogP contribution is -2.46. The Bertz CT molecular complexity index is 381. The maximum absolute atomic E-state index is 11.7. The third kappa shape index (κ3) is 11.8. The molecule has 0 saturated heterocycles. The second kappa shape index (κ2) is 9.82. The monoisotopic (exact) mass is 318 g/mol. The van der Waals surface area contributed by atoms with Gasteiger partial charge in [0.2, 0.25) is 5.91 Å². The van der Waals surface area contributed by atoms with Gasteiger partial charge in [-0.25, -0.2) is 9.59 Å². The van der Waals surface area contributed by atoms with E-state index in [1.807, 2.05) is 0 Å². The molecule has 0 radical (unpaired) electrons. The van der Waals surface area contributed by atoms with Crippen LogP contribution in [-0.4, -0.2) is 54.5 Å². The SMILES string of the molecule is CC(C)(C)OC(=O)N[C@@H](CCCNC(=O)O)CNC(=O)CN. The Morgan fingerprint density at radius 2 is 1.86 bits per heavy atom. The molecule has 0 aliphatic carbocycles. The number of amides is 3. The number of rotatable bonds is 8. The topological polar surface area (TPSA) is 143 Å². The van der Waals surface area contributed by atoms with Crippen molar-refractivity contribution in [1.82, 2.24) is 16.0 Å². The molecule has 0 aromatic rings. The Morgan fingerprint density at radius 1 is 1.23 bits per heavy atom. The van der Waals surface area contributed by atoms with E-state index in [1.165, 1.54) is 0 Å². The fourth-order valence-electron chi connectivity index (χ4n) is 1.55. The quantitative estimate of drug-likeness (QED) is 0.399. The summed E-state index contributed by atoms with van der Waals surface area (Å²) in [6, 6.07) is -0.374. The fourth-order valence-corrected chi connectivity index (χ4v) is 1.55. The van der Waals surface area contributed by atoms with Crippen molar-refractivity contribution < 1.29 is 24.2 Å². The zero-order chi connectivity index (χ0) is 17.2. The fraction of sp³-hybridized carbons (Fsp3) is 0.769. The maximum Gasteiger partial charge on any atom is 0.407 e. The van der Waals surface area contributed by atoms with Crippen LogP contribution in [-0.2, 0) is 9.53 Å². The average Bonchev–Trinajstić information content (AvgIpc) is 2.37. The Kier molecular flexibility index (Phi) is 8.92. The Morgan fingerprint density at radius 3 is 2.36 bits per heavy atom. The molecule has 0 rings (SSSR count). The average molecular weight is 318 g/mol. The normalized spacial score (nSPS) is 12.2. The highest BCUT2D eigenvalue weighted by Gasteiger charge is 2.19. The number of hydrogen-bond acceptors (Lipinski definition) is 5. The van der Waals surface area contributed by atoms with Crippen molar-refractivity contribution in [2.24, 2.45) is 5.73 Å². The van der Waals surface area contributed by atoms with Crippen LogP contribution < -0.4 is 21.7 Å². The smallest absolute Gasteiger partial charge is 0.407 e. The molecule has 0 fully saturated rings. The molecule has 9 nitrogen and oxygen atoms in total. The molecule has 1 atom stereocenters. The van der Waals surface area contributed by atoms with Gasteiger partial charge in [0.25, 0.3) is 0 Å². The second-order valence-corrected chi connectivity index (χ2v) is 5.73. The summed E-state index contributed by atoms with van der Waals surface area (Å²) < 4.78 is 5.15. The van der Waals surface area contributed by atoms with E-state index >= 15 is 0 Å². The van der Waals surface area contributed by atoms with Crippen molar-refractivity contribution in [2.75, 3.05) is 19.6 Å². The molecule has 3 amide bonds. The number of nitrogens with one attached hydrogen (secondary N) is 3. The molecule has 6 N–H and O–H groups in total. The molecule has 0 spiro atoms. The van der Waals surface area contributed by atoms with Gasteiger partial charge in [-0.3, -0.25) is 4.79 Å². The largest absolute Gasteiger partial charge is 0.465 e. The van der Waals surface area contributed by atoms with E-state index < -0.39 is 17.8 Å². The number of carbonyl (C=O) groups is 3. The molecule has 0 aromatic heterocycles. The Labute approximate surface area is 130 Å². The Hall–Kier alpha value is -2.03. The first-order valence-corrected chi connectivity index (χ1v) is 7.07. The van der Waals surface area contributed by atoms with Crippen LogP contribution in [0.4, 0.5) is 9.59 Å². The summed E-state index contributed by atoms with van der Waals surface area (Å²) in [4.78, 5) is 33.3. The molecular weight excluding hydrogens is 292 g/mol. The van der Waals surface area contributed by atoms with Gasteiger partial charge in [0.1, 0.15) is 5.60 Å². The van der Waals surface area contributed by atoms with Gasteiger partial charge in [0.05, 0.1) is 6.54 Å². The minimum absolute atomic E-state index is 0.139. The van der Waals surface area contributed by atoms with E-state index in [2.05, 4.69) is 16.0 Å². The van der Waals surface area contributed by atoms with E-state index in [9.17, 15) is 14.4 Å². The van der Waals surface area contributed by atoms with Gasteiger partial charge in [-0.2, -0.15) is 0 Å². The maximum atomic E-state index is 11.7. The number of alkyl carbamates (subject to hydrolysis) is 1. The van der Waals surface area contributed by atoms with Crippen LogP contribution in [0.1, 0.15) is 33.6 Å². The summed E-state index contributed by atoms with van der Waals surface area (Å²) in [6.07, 6.45) is -0.714. The van der Waals surface area contributed by atoms with Crippen LogP contribution in [0.5, 0.6) is 0 Å².